The molecule has 0 spiro atoms. The maximum absolute atomic E-state index is 11.1. The quantitative estimate of drug-likeness (QED) is 0.680. The monoisotopic (exact) mass is 197 g/mol. The Hall–Kier alpha value is -0.900. The van der Waals surface area contributed by atoms with E-state index in [-0.39, 0.29) is 11.4 Å². The summed E-state index contributed by atoms with van der Waals surface area (Å²) >= 11 is 1.55. The fourth-order valence-corrected chi connectivity index (χ4v) is 2.16. The zero-order valence-electron chi connectivity index (χ0n) is 7.66. The Balaban J connectivity index is 2.23. The second kappa shape index (κ2) is 2.80. The molecule has 0 atom stereocenters. The van der Waals surface area contributed by atoms with Crippen LogP contribution in [0.1, 0.15) is 35.3 Å². The van der Waals surface area contributed by atoms with E-state index >= 15 is 0 Å². The SMILES string of the molecule is COC(=O)c1csc(C2(C)CC2)n1. The van der Waals surface area contributed by atoms with Gasteiger partial charge in [-0.25, -0.2) is 9.78 Å². The fourth-order valence-electron chi connectivity index (χ4n) is 1.15. The zero-order chi connectivity index (χ0) is 9.47. The van der Waals surface area contributed by atoms with Crippen LogP contribution in [0.3, 0.4) is 0 Å². The summed E-state index contributed by atoms with van der Waals surface area (Å²) in [7, 11) is 1.38. The summed E-state index contributed by atoms with van der Waals surface area (Å²) < 4.78 is 4.59. The molecule has 2 rings (SSSR count). The van der Waals surface area contributed by atoms with Crippen molar-refractivity contribution in [3.05, 3.63) is 16.1 Å². The van der Waals surface area contributed by atoms with Gasteiger partial charge in [-0.1, -0.05) is 6.92 Å². The van der Waals surface area contributed by atoms with E-state index in [1.54, 1.807) is 16.7 Å². The van der Waals surface area contributed by atoms with Gasteiger partial charge in [0.2, 0.25) is 0 Å². The topological polar surface area (TPSA) is 39.2 Å². The largest absolute Gasteiger partial charge is 0.464 e. The number of thiazole rings is 1. The van der Waals surface area contributed by atoms with E-state index in [2.05, 4.69) is 16.6 Å². The molecule has 1 heterocycles. The van der Waals surface area contributed by atoms with E-state index in [0.717, 1.165) is 5.01 Å². The fraction of sp³-hybridized carbons (Fsp3) is 0.556. The highest BCUT2D eigenvalue weighted by Gasteiger charge is 2.42. The summed E-state index contributed by atoms with van der Waals surface area (Å²) in [4.78, 5) is 15.4. The predicted molar refractivity (Wildman–Crippen MR) is 50.0 cm³/mol. The highest BCUT2D eigenvalue weighted by Crippen LogP contribution is 2.48. The molecule has 13 heavy (non-hydrogen) atoms. The average Bonchev–Trinajstić information content (AvgIpc) is 2.72. The third-order valence-electron chi connectivity index (χ3n) is 2.42. The normalized spacial score (nSPS) is 18.3. The van der Waals surface area contributed by atoms with Gasteiger partial charge in [0.05, 0.1) is 12.1 Å². The third-order valence-corrected chi connectivity index (χ3v) is 3.56. The Morgan fingerprint density at radius 1 is 1.69 bits per heavy atom. The first kappa shape index (κ1) is 8.69. The molecule has 1 fully saturated rings. The molecule has 0 radical (unpaired) electrons. The Labute approximate surface area is 80.8 Å². The lowest BCUT2D eigenvalue weighted by Gasteiger charge is -2.00. The first-order valence-electron chi connectivity index (χ1n) is 4.20. The van der Waals surface area contributed by atoms with Gasteiger partial charge in [0.15, 0.2) is 5.69 Å². The van der Waals surface area contributed by atoms with Gasteiger partial charge in [0, 0.05) is 10.8 Å². The lowest BCUT2D eigenvalue weighted by atomic mass is 10.2. The number of aromatic nitrogens is 1. The summed E-state index contributed by atoms with van der Waals surface area (Å²) in [6.45, 7) is 2.17. The molecule has 4 heteroatoms. The third kappa shape index (κ3) is 1.46. The molecule has 0 N–H and O–H groups in total. The number of carbonyl (C=O) groups excluding carboxylic acids is 1. The van der Waals surface area contributed by atoms with Crippen LogP contribution in [-0.2, 0) is 10.2 Å². The molecule has 0 bridgehead atoms. The van der Waals surface area contributed by atoms with E-state index in [4.69, 9.17) is 0 Å². The summed E-state index contributed by atoms with van der Waals surface area (Å²) in [6.07, 6.45) is 2.36. The van der Waals surface area contributed by atoms with E-state index in [0.29, 0.717) is 5.69 Å². The van der Waals surface area contributed by atoms with Gasteiger partial charge in [-0.05, 0) is 12.8 Å². The van der Waals surface area contributed by atoms with Gasteiger partial charge in [-0.15, -0.1) is 11.3 Å². The minimum absolute atomic E-state index is 0.247. The zero-order valence-corrected chi connectivity index (χ0v) is 8.48. The first-order valence-corrected chi connectivity index (χ1v) is 5.08. The molecule has 1 aromatic heterocycles. The summed E-state index contributed by atoms with van der Waals surface area (Å²) in [5.41, 5.74) is 0.687. The Morgan fingerprint density at radius 2 is 2.38 bits per heavy atom. The second-order valence-electron chi connectivity index (χ2n) is 3.59. The summed E-state index contributed by atoms with van der Waals surface area (Å²) in [6, 6.07) is 0. The van der Waals surface area contributed by atoms with Crippen molar-refractivity contribution in [1.29, 1.82) is 0 Å². The maximum Gasteiger partial charge on any atom is 0.357 e. The molecule has 70 valence electrons. The molecule has 0 saturated heterocycles. The molecule has 1 aromatic rings. The van der Waals surface area contributed by atoms with Crippen LogP contribution in [0.15, 0.2) is 5.38 Å². The molecule has 0 amide bonds. The highest BCUT2D eigenvalue weighted by molar-refractivity contribution is 7.10. The Kier molecular flexibility index (Phi) is 1.87. The minimum atomic E-state index is -0.341. The number of hydrogen-bond donors (Lipinski definition) is 0. The molecule has 0 aliphatic heterocycles. The molecule has 1 aliphatic carbocycles. The van der Waals surface area contributed by atoms with Crippen LogP contribution in [0.5, 0.6) is 0 Å². The van der Waals surface area contributed by atoms with Gasteiger partial charge in [-0.3, -0.25) is 0 Å². The highest BCUT2D eigenvalue weighted by atomic mass is 32.1. The lowest BCUT2D eigenvalue weighted by Crippen LogP contribution is -2.04. The average molecular weight is 197 g/mol. The van der Waals surface area contributed by atoms with Crippen molar-refractivity contribution in [2.45, 2.75) is 25.2 Å². The van der Waals surface area contributed by atoms with Crippen LogP contribution >= 0.6 is 11.3 Å². The van der Waals surface area contributed by atoms with Crippen molar-refractivity contribution in [3.63, 3.8) is 0 Å². The Morgan fingerprint density at radius 3 is 2.92 bits per heavy atom. The minimum Gasteiger partial charge on any atom is -0.464 e. The molecule has 0 aromatic carbocycles. The first-order chi connectivity index (χ1) is 6.15. The van der Waals surface area contributed by atoms with Crippen LogP contribution in [0.25, 0.3) is 0 Å². The van der Waals surface area contributed by atoms with Gasteiger partial charge < -0.3 is 4.74 Å². The van der Waals surface area contributed by atoms with Gasteiger partial charge in [0.1, 0.15) is 0 Å². The van der Waals surface area contributed by atoms with Crippen LogP contribution in [0.4, 0.5) is 0 Å². The Bertz CT molecular complexity index is 341. The van der Waals surface area contributed by atoms with Crippen LogP contribution < -0.4 is 0 Å². The number of ether oxygens (including phenoxy) is 1. The van der Waals surface area contributed by atoms with E-state index < -0.39 is 0 Å². The number of nitrogens with zero attached hydrogens (tertiary/aromatic N) is 1. The number of hydrogen-bond acceptors (Lipinski definition) is 4. The van der Waals surface area contributed by atoms with Gasteiger partial charge in [0.25, 0.3) is 0 Å². The van der Waals surface area contributed by atoms with Crippen molar-refractivity contribution >= 4 is 17.3 Å². The molecule has 1 saturated carbocycles. The van der Waals surface area contributed by atoms with Gasteiger partial charge in [-0.2, -0.15) is 0 Å². The van der Waals surface area contributed by atoms with Crippen molar-refractivity contribution in [3.8, 4) is 0 Å². The van der Waals surface area contributed by atoms with E-state index in [1.165, 1.54) is 20.0 Å². The van der Waals surface area contributed by atoms with Crippen molar-refractivity contribution in [2.75, 3.05) is 7.11 Å². The molecule has 0 unspecified atom stereocenters. The lowest BCUT2D eigenvalue weighted by molar-refractivity contribution is 0.0594. The van der Waals surface area contributed by atoms with Crippen molar-refractivity contribution in [1.82, 2.24) is 4.98 Å². The standard InChI is InChI=1S/C9H11NO2S/c1-9(3-4-9)8-10-6(5-13-8)7(11)12-2/h5H,3-4H2,1-2H3. The van der Waals surface area contributed by atoms with Crippen LogP contribution in [-0.4, -0.2) is 18.1 Å². The number of esters is 1. The maximum atomic E-state index is 11.1. The smallest absolute Gasteiger partial charge is 0.357 e. The summed E-state index contributed by atoms with van der Waals surface area (Å²) in [5.74, 6) is -0.341. The van der Waals surface area contributed by atoms with Crippen LogP contribution in [0, 0.1) is 0 Å². The molecular weight excluding hydrogens is 186 g/mol. The molecule has 3 nitrogen and oxygen atoms in total. The summed E-state index contributed by atoms with van der Waals surface area (Å²) in [5, 5.41) is 2.83. The molecular formula is C9H11NO2S. The van der Waals surface area contributed by atoms with Gasteiger partial charge >= 0.3 is 5.97 Å². The predicted octanol–water partition coefficient (Wildman–Crippen LogP) is 1.98. The number of methoxy groups -OCH3 is 1. The van der Waals surface area contributed by atoms with Crippen molar-refractivity contribution < 1.29 is 9.53 Å². The van der Waals surface area contributed by atoms with E-state index in [1.807, 2.05) is 0 Å². The number of rotatable bonds is 2. The van der Waals surface area contributed by atoms with Crippen molar-refractivity contribution in [2.24, 2.45) is 0 Å². The second-order valence-corrected chi connectivity index (χ2v) is 4.45. The number of carbonyl (C=O) groups is 1. The van der Waals surface area contributed by atoms with Crippen LogP contribution in [0.2, 0.25) is 0 Å². The van der Waals surface area contributed by atoms with E-state index in [9.17, 15) is 4.79 Å². The molecule has 1 aliphatic rings.